The summed E-state index contributed by atoms with van der Waals surface area (Å²) in [5, 5.41) is 8.72. The van der Waals surface area contributed by atoms with Crippen molar-refractivity contribution in [1.29, 1.82) is 0 Å². The third-order valence-corrected chi connectivity index (χ3v) is 6.41. The maximum absolute atomic E-state index is 12.9. The zero-order chi connectivity index (χ0) is 25.7. The van der Waals surface area contributed by atoms with E-state index in [4.69, 9.17) is 4.74 Å². The highest BCUT2D eigenvalue weighted by Gasteiger charge is 2.35. The van der Waals surface area contributed by atoms with Crippen LogP contribution >= 0.6 is 0 Å². The SMILES string of the molecule is Cn1c(=O)c2ccccc2n2c(COC(=O)c3cccc(CN4C(=O)c5ccccc5C4=O)c3)nnc12. The molecule has 0 bridgehead atoms. The molecule has 3 aromatic carbocycles. The quantitative estimate of drug-likeness (QED) is 0.273. The molecule has 0 saturated heterocycles. The van der Waals surface area contributed by atoms with Gasteiger partial charge in [0.05, 0.1) is 34.1 Å². The average molecular weight is 493 g/mol. The molecule has 0 unspecified atom stereocenters. The van der Waals surface area contributed by atoms with Crippen molar-refractivity contribution in [3.63, 3.8) is 0 Å². The van der Waals surface area contributed by atoms with E-state index in [1.165, 1.54) is 4.57 Å². The number of rotatable bonds is 5. The molecule has 3 heterocycles. The first-order valence-electron chi connectivity index (χ1n) is 11.5. The Morgan fingerprint density at radius 3 is 2.32 bits per heavy atom. The number of amides is 2. The second-order valence-corrected chi connectivity index (χ2v) is 8.65. The summed E-state index contributed by atoms with van der Waals surface area (Å²) in [6.07, 6.45) is 0. The third kappa shape index (κ3) is 3.57. The van der Waals surface area contributed by atoms with Gasteiger partial charge in [0.2, 0.25) is 5.78 Å². The minimum absolute atomic E-state index is 0.0301. The van der Waals surface area contributed by atoms with Gasteiger partial charge in [-0.1, -0.05) is 36.4 Å². The summed E-state index contributed by atoms with van der Waals surface area (Å²) >= 11 is 0. The number of carbonyl (C=O) groups excluding carboxylic acids is 3. The van der Waals surface area contributed by atoms with Gasteiger partial charge in [-0.2, -0.15) is 0 Å². The first-order valence-corrected chi connectivity index (χ1v) is 11.5. The summed E-state index contributed by atoms with van der Waals surface area (Å²) in [5.41, 5.74) is 2.02. The van der Waals surface area contributed by atoms with Crippen molar-refractivity contribution in [1.82, 2.24) is 24.1 Å². The maximum atomic E-state index is 12.9. The summed E-state index contributed by atoms with van der Waals surface area (Å²) in [6.45, 7) is -0.146. The van der Waals surface area contributed by atoms with Crippen LogP contribution in [0, 0.1) is 0 Å². The second kappa shape index (κ2) is 8.52. The van der Waals surface area contributed by atoms with Crippen molar-refractivity contribution < 1.29 is 19.1 Å². The van der Waals surface area contributed by atoms with Gasteiger partial charge in [-0.15, -0.1) is 10.2 Å². The van der Waals surface area contributed by atoms with Gasteiger partial charge in [0.15, 0.2) is 12.4 Å². The molecule has 0 radical (unpaired) electrons. The number of fused-ring (bicyclic) bond motifs is 4. The molecule has 0 spiro atoms. The number of para-hydroxylation sites is 1. The molecule has 6 rings (SSSR count). The van der Waals surface area contributed by atoms with Crippen molar-refractivity contribution in [2.45, 2.75) is 13.2 Å². The summed E-state index contributed by atoms with van der Waals surface area (Å²) in [7, 11) is 1.61. The molecule has 0 fully saturated rings. The van der Waals surface area contributed by atoms with E-state index in [1.54, 1.807) is 84.2 Å². The fourth-order valence-corrected chi connectivity index (χ4v) is 4.56. The molecule has 182 valence electrons. The molecule has 1 aliphatic rings. The molecule has 10 nitrogen and oxygen atoms in total. The first kappa shape index (κ1) is 22.4. The Morgan fingerprint density at radius 2 is 1.57 bits per heavy atom. The standard InChI is InChI=1S/C27H19N5O5/c1-30-23(33)20-11-4-5-12-21(20)32-22(28-29-27(30)32)15-37-26(36)17-8-6-7-16(13-17)14-31-24(34)18-9-2-3-10-19(18)25(31)35/h2-13H,14-15H2,1H3. The smallest absolute Gasteiger partial charge is 0.338 e. The average Bonchev–Trinajstić information content (AvgIpc) is 3.46. The molecule has 1 aliphatic heterocycles. The number of benzene rings is 3. The van der Waals surface area contributed by atoms with Crippen molar-refractivity contribution in [2.75, 3.05) is 0 Å². The van der Waals surface area contributed by atoms with E-state index in [0.717, 1.165) is 4.90 Å². The monoisotopic (exact) mass is 493 g/mol. The van der Waals surface area contributed by atoms with E-state index in [9.17, 15) is 19.2 Å². The van der Waals surface area contributed by atoms with Gasteiger partial charge in [0.25, 0.3) is 17.4 Å². The van der Waals surface area contributed by atoms with Crippen LogP contribution in [0.2, 0.25) is 0 Å². The Balaban J connectivity index is 1.23. The number of aromatic nitrogens is 4. The summed E-state index contributed by atoms with van der Waals surface area (Å²) in [6, 6.07) is 20.3. The van der Waals surface area contributed by atoms with Gasteiger partial charge >= 0.3 is 5.97 Å². The Hall–Kier alpha value is -5.12. The van der Waals surface area contributed by atoms with Gasteiger partial charge in [0.1, 0.15) is 0 Å². The number of ether oxygens (including phenoxy) is 1. The molecule has 0 atom stereocenters. The lowest BCUT2D eigenvalue weighted by molar-refractivity contribution is 0.0461. The van der Waals surface area contributed by atoms with Crippen LogP contribution in [-0.4, -0.2) is 41.8 Å². The van der Waals surface area contributed by atoms with E-state index in [-0.39, 0.29) is 36.1 Å². The van der Waals surface area contributed by atoms with Gasteiger partial charge in [0, 0.05) is 7.05 Å². The highest BCUT2D eigenvalue weighted by atomic mass is 16.5. The van der Waals surface area contributed by atoms with Crippen LogP contribution < -0.4 is 5.56 Å². The predicted octanol–water partition coefficient (Wildman–Crippen LogP) is 2.73. The molecule has 0 N–H and O–H groups in total. The van der Waals surface area contributed by atoms with Crippen molar-refractivity contribution >= 4 is 34.5 Å². The first-order chi connectivity index (χ1) is 17.9. The molecule has 37 heavy (non-hydrogen) atoms. The summed E-state index contributed by atoms with van der Waals surface area (Å²) in [5.74, 6) is -0.645. The largest absolute Gasteiger partial charge is 0.454 e. The third-order valence-electron chi connectivity index (χ3n) is 6.41. The lowest BCUT2D eigenvalue weighted by Crippen LogP contribution is -2.29. The van der Waals surface area contributed by atoms with Gasteiger partial charge in [-0.3, -0.25) is 28.3 Å². The number of hydrogen-bond acceptors (Lipinski definition) is 7. The second-order valence-electron chi connectivity index (χ2n) is 8.65. The van der Waals surface area contributed by atoms with E-state index in [2.05, 4.69) is 10.2 Å². The van der Waals surface area contributed by atoms with Crippen LogP contribution in [0.5, 0.6) is 0 Å². The zero-order valence-electron chi connectivity index (χ0n) is 19.6. The van der Waals surface area contributed by atoms with Crippen LogP contribution in [0.4, 0.5) is 0 Å². The molecular weight excluding hydrogens is 474 g/mol. The minimum atomic E-state index is -0.602. The maximum Gasteiger partial charge on any atom is 0.338 e. The number of hydrogen-bond donors (Lipinski definition) is 0. The van der Waals surface area contributed by atoms with E-state index >= 15 is 0 Å². The molecule has 10 heteroatoms. The number of nitrogens with zero attached hydrogens (tertiary/aromatic N) is 5. The summed E-state index contributed by atoms with van der Waals surface area (Å²) in [4.78, 5) is 52.0. The van der Waals surface area contributed by atoms with Gasteiger partial charge in [-0.05, 0) is 42.0 Å². The zero-order valence-corrected chi connectivity index (χ0v) is 19.6. The van der Waals surface area contributed by atoms with Crippen LogP contribution in [0.3, 0.4) is 0 Å². The lowest BCUT2D eigenvalue weighted by Gasteiger charge is -2.14. The van der Waals surface area contributed by atoms with Crippen LogP contribution in [0.15, 0.2) is 77.6 Å². The van der Waals surface area contributed by atoms with E-state index in [1.807, 2.05) is 0 Å². The van der Waals surface area contributed by atoms with E-state index in [0.29, 0.717) is 39.2 Å². The number of imide groups is 1. The van der Waals surface area contributed by atoms with E-state index < -0.39 is 5.97 Å². The predicted molar refractivity (Wildman–Crippen MR) is 132 cm³/mol. The highest BCUT2D eigenvalue weighted by molar-refractivity contribution is 6.21. The normalized spacial score (nSPS) is 12.9. The highest BCUT2D eigenvalue weighted by Crippen LogP contribution is 2.24. The fraction of sp³-hybridized carbons (Fsp3) is 0.111. The summed E-state index contributed by atoms with van der Waals surface area (Å²) < 4.78 is 8.60. The van der Waals surface area contributed by atoms with Crippen LogP contribution in [0.25, 0.3) is 16.7 Å². The Kier molecular flexibility index (Phi) is 5.15. The fourth-order valence-electron chi connectivity index (χ4n) is 4.56. The molecule has 0 saturated carbocycles. The lowest BCUT2D eigenvalue weighted by atomic mass is 10.1. The van der Waals surface area contributed by atoms with Crippen LogP contribution in [0.1, 0.15) is 42.5 Å². The van der Waals surface area contributed by atoms with Crippen molar-refractivity contribution in [3.8, 4) is 0 Å². The molecule has 5 aromatic rings. The molecule has 0 aliphatic carbocycles. The minimum Gasteiger partial charge on any atom is -0.454 e. The van der Waals surface area contributed by atoms with Gasteiger partial charge < -0.3 is 4.74 Å². The Morgan fingerprint density at radius 1 is 0.865 bits per heavy atom. The van der Waals surface area contributed by atoms with Crippen LogP contribution in [-0.2, 0) is 24.9 Å². The molecular formula is C27H19N5O5. The Bertz CT molecular complexity index is 1780. The van der Waals surface area contributed by atoms with Gasteiger partial charge in [-0.25, -0.2) is 4.79 Å². The molecule has 2 amide bonds. The number of esters is 1. The van der Waals surface area contributed by atoms with Crippen molar-refractivity contribution in [3.05, 3.63) is 111 Å². The number of carbonyl (C=O) groups is 3. The Labute approximate surface area is 209 Å². The number of aryl methyl sites for hydroxylation is 1. The van der Waals surface area contributed by atoms with Crippen molar-refractivity contribution in [2.24, 2.45) is 7.05 Å². The molecule has 2 aromatic heterocycles. The topological polar surface area (TPSA) is 116 Å².